The van der Waals surface area contributed by atoms with E-state index in [0.29, 0.717) is 0 Å². The number of furan rings is 1. The quantitative estimate of drug-likeness (QED) is 0.812. The first-order valence-electron chi connectivity index (χ1n) is 6.77. The second-order valence-electron chi connectivity index (χ2n) is 4.71. The maximum atomic E-state index is 6.28. The number of hydrogen-bond donors (Lipinski definition) is 1. The first kappa shape index (κ1) is 15.0. The van der Waals surface area contributed by atoms with Crippen molar-refractivity contribution in [3.8, 4) is 5.75 Å². The summed E-state index contributed by atoms with van der Waals surface area (Å²) in [5.74, 6) is 2.70. The Morgan fingerprint density at radius 3 is 2.60 bits per heavy atom. The predicted octanol–water partition coefficient (Wildman–Crippen LogP) is 4.17. The molecule has 1 aromatic carbocycles. The summed E-state index contributed by atoms with van der Waals surface area (Å²) in [6.45, 7) is 4.04. The fourth-order valence-corrected chi connectivity index (χ4v) is 3.34. The lowest BCUT2D eigenvalue weighted by molar-refractivity contribution is 0.404. The first-order chi connectivity index (χ1) is 9.65. The molecule has 2 atom stereocenters. The summed E-state index contributed by atoms with van der Waals surface area (Å²) in [6.07, 6.45) is 0.895. The standard InChI is InChI=1S/C16H21NO2S/c1-4-12(17)16(14-10-9-11(2)19-14)20-15-8-6-5-7-13(15)18-3/h5-10,12,16H,4,17H2,1-3H3. The van der Waals surface area contributed by atoms with E-state index in [1.165, 1.54) is 0 Å². The number of benzene rings is 1. The van der Waals surface area contributed by atoms with Gasteiger partial charge in [0.1, 0.15) is 17.3 Å². The summed E-state index contributed by atoms with van der Waals surface area (Å²) in [4.78, 5) is 1.08. The Bertz CT molecular complexity index is 553. The van der Waals surface area contributed by atoms with Gasteiger partial charge in [0.05, 0.1) is 17.3 Å². The van der Waals surface area contributed by atoms with E-state index in [9.17, 15) is 0 Å². The number of ether oxygens (including phenoxy) is 1. The summed E-state index contributed by atoms with van der Waals surface area (Å²) in [6, 6.07) is 12.0. The Balaban J connectivity index is 2.28. The van der Waals surface area contributed by atoms with Crippen LogP contribution in [0.4, 0.5) is 0 Å². The Labute approximate surface area is 124 Å². The molecule has 0 saturated heterocycles. The monoisotopic (exact) mass is 291 g/mol. The molecule has 2 rings (SSSR count). The van der Waals surface area contributed by atoms with Crippen LogP contribution < -0.4 is 10.5 Å². The van der Waals surface area contributed by atoms with Crippen LogP contribution in [0.5, 0.6) is 5.75 Å². The Morgan fingerprint density at radius 1 is 1.25 bits per heavy atom. The maximum absolute atomic E-state index is 6.28. The van der Waals surface area contributed by atoms with E-state index in [2.05, 4.69) is 13.0 Å². The van der Waals surface area contributed by atoms with Crippen LogP contribution in [0.1, 0.15) is 30.1 Å². The van der Waals surface area contributed by atoms with Gasteiger partial charge < -0.3 is 14.9 Å². The highest BCUT2D eigenvalue weighted by atomic mass is 32.2. The van der Waals surface area contributed by atoms with Gasteiger partial charge >= 0.3 is 0 Å². The van der Waals surface area contributed by atoms with Crippen molar-refractivity contribution in [1.29, 1.82) is 0 Å². The van der Waals surface area contributed by atoms with Gasteiger partial charge in [-0.3, -0.25) is 0 Å². The summed E-state index contributed by atoms with van der Waals surface area (Å²) >= 11 is 1.70. The second-order valence-corrected chi connectivity index (χ2v) is 5.89. The van der Waals surface area contributed by atoms with E-state index in [0.717, 1.165) is 28.6 Å². The van der Waals surface area contributed by atoms with Crippen molar-refractivity contribution in [3.05, 3.63) is 47.9 Å². The van der Waals surface area contributed by atoms with E-state index in [4.69, 9.17) is 14.9 Å². The van der Waals surface area contributed by atoms with Crippen molar-refractivity contribution >= 4 is 11.8 Å². The number of hydrogen-bond acceptors (Lipinski definition) is 4. The van der Waals surface area contributed by atoms with Gasteiger partial charge in [0, 0.05) is 6.04 Å². The molecule has 108 valence electrons. The van der Waals surface area contributed by atoms with Gasteiger partial charge in [-0.25, -0.2) is 0 Å². The van der Waals surface area contributed by atoms with E-state index in [1.54, 1.807) is 18.9 Å². The highest BCUT2D eigenvalue weighted by molar-refractivity contribution is 7.99. The normalized spacial score (nSPS) is 14.0. The summed E-state index contributed by atoms with van der Waals surface area (Å²) in [7, 11) is 1.69. The van der Waals surface area contributed by atoms with Gasteiger partial charge in [-0.1, -0.05) is 19.1 Å². The number of rotatable bonds is 6. The zero-order valence-corrected chi connectivity index (χ0v) is 12.9. The number of methoxy groups -OCH3 is 1. The van der Waals surface area contributed by atoms with E-state index >= 15 is 0 Å². The van der Waals surface area contributed by atoms with Crippen molar-refractivity contribution in [2.75, 3.05) is 7.11 Å². The Hall–Kier alpha value is -1.39. The van der Waals surface area contributed by atoms with Gasteiger partial charge in [0.15, 0.2) is 0 Å². The van der Waals surface area contributed by atoms with E-state index < -0.39 is 0 Å². The van der Waals surface area contributed by atoms with Crippen molar-refractivity contribution in [2.45, 2.75) is 36.5 Å². The van der Waals surface area contributed by atoms with Crippen LogP contribution in [0.2, 0.25) is 0 Å². The molecule has 0 aliphatic heterocycles. The van der Waals surface area contributed by atoms with Crippen LogP contribution in [0, 0.1) is 6.92 Å². The largest absolute Gasteiger partial charge is 0.496 e. The minimum absolute atomic E-state index is 0.0375. The molecular formula is C16H21NO2S. The van der Waals surface area contributed by atoms with Gasteiger partial charge in [-0.05, 0) is 37.6 Å². The molecule has 2 aromatic rings. The van der Waals surface area contributed by atoms with Crippen molar-refractivity contribution in [1.82, 2.24) is 0 Å². The highest BCUT2D eigenvalue weighted by Crippen LogP contribution is 2.42. The van der Waals surface area contributed by atoms with E-state index in [-0.39, 0.29) is 11.3 Å². The molecule has 0 bridgehead atoms. The van der Waals surface area contributed by atoms with Crippen LogP contribution in [0.15, 0.2) is 45.7 Å². The molecule has 0 spiro atoms. The minimum Gasteiger partial charge on any atom is -0.496 e. The molecule has 3 nitrogen and oxygen atoms in total. The third-order valence-corrected chi connectivity index (χ3v) is 4.65. The molecule has 4 heteroatoms. The lowest BCUT2D eigenvalue weighted by Gasteiger charge is -2.21. The smallest absolute Gasteiger partial charge is 0.132 e. The molecule has 0 radical (unpaired) electrons. The SMILES string of the molecule is CCC(N)C(Sc1ccccc1OC)c1ccc(C)o1. The molecule has 0 fully saturated rings. The van der Waals surface area contributed by atoms with Crippen LogP contribution in [0.3, 0.4) is 0 Å². The third kappa shape index (κ3) is 3.38. The first-order valence-corrected chi connectivity index (χ1v) is 7.65. The van der Waals surface area contributed by atoms with Gasteiger partial charge in [-0.15, -0.1) is 11.8 Å². The molecule has 2 unspecified atom stereocenters. The maximum Gasteiger partial charge on any atom is 0.132 e. The summed E-state index contributed by atoms with van der Waals surface area (Å²) < 4.78 is 11.2. The average Bonchev–Trinajstić information content (AvgIpc) is 2.90. The summed E-state index contributed by atoms with van der Waals surface area (Å²) in [5, 5.41) is 0.0880. The molecular weight excluding hydrogens is 270 g/mol. The number of aryl methyl sites for hydroxylation is 1. The van der Waals surface area contributed by atoms with Crippen LogP contribution in [-0.4, -0.2) is 13.2 Å². The van der Waals surface area contributed by atoms with Gasteiger partial charge in [-0.2, -0.15) is 0 Å². The lowest BCUT2D eigenvalue weighted by Crippen LogP contribution is -2.25. The molecule has 1 heterocycles. The molecule has 0 aliphatic rings. The number of nitrogens with two attached hydrogens (primary N) is 1. The predicted molar refractivity (Wildman–Crippen MR) is 83.3 cm³/mol. The molecule has 20 heavy (non-hydrogen) atoms. The van der Waals surface area contributed by atoms with Crippen LogP contribution in [0.25, 0.3) is 0 Å². The van der Waals surface area contributed by atoms with Crippen LogP contribution >= 0.6 is 11.8 Å². The summed E-state index contributed by atoms with van der Waals surface area (Å²) in [5.41, 5.74) is 6.28. The second kappa shape index (κ2) is 6.86. The number of thioether (sulfide) groups is 1. The Morgan fingerprint density at radius 2 is 2.00 bits per heavy atom. The van der Waals surface area contributed by atoms with Crippen molar-refractivity contribution in [2.24, 2.45) is 5.73 Å². The van der Waals surface area contributed by atoms with E-state index in [1.807, 2.05) is 37.3 Å². The molecule has 0 amide bonds. The fraction of sp³-hybridized carbons (Fsp3) is 0.375. The lowest BCUT2D eigenvalue weighted by atomic mass is 10.1. The van der Waals surface area contributed by atoms with Gasteiger partial charge in [0.2, 0.25) is 0 Å². The van der Waals surface area contributed by atoms with Gasteiger partial charge in [0.25, 0.3) is 0 Å². The zero-order chi connectivity index (χ0) is 14.5. The molecule has 2 N–H and O–H groups in total. The topological polar surface area (TPSA) is 48.4 Å². The Kier molecular flexibility index (Phi) is 5.15. The van der Waals surface area contributed by atoms with Crippen molar-refractivity contribution < 1.29 is 9.15 Å². The third-order valence-electron chi connectivity index (χ3n) is 3.22. The molecule has 0 saturated carbocycles. The molecule has 1 aromatic heterocycles. The van der Waals surface area contributed by atoms with Crippen molar-refractivity contribution in [3.63, 3.8) is 0 Å². The fourth-order valence-electron chi connectivity index (χ4n) is 2.03. The number of para-hydroxylation sites is 1. The molecule has 0 aliphatic carbocycles. The highest BCUT2D eigenvalue weighted by Gasteiger charge is 2.24. The zero-order valence-electron chi connectivity index (χ0n) is 12.1. The average molecular weight is 291 g/mol. The minimum atomic E-state index is 0.0375. The van der Waals surface area contributed by atoms with Crippen LogP contribution in [-0.2, 0) is 0 Å².